The van der Waals surface area contributed by atoms with E-state index in [1.807, 2.05) is 30.3 Å². The molecular formula is C15H12Br2O5. The van der Waals surface area contributed by atoms with Gasteiger partial charge in [-0.2, -0.15) is 0 Å². The van der Waals surface area contributed by atoms with Gasteiger partial charge in [0.05, 0.1) is 7.11 Å². The lowest BCUT2D eigenvalue weighted by atomic mass is 10.1. The normalized spacial score (nSPS) is 10.3. The van der Waals surface area contributed by atoms with Gasteiger partial charge in [-0.1, -0.05) is 30.3 Å². The number of hydrogen-bond donors (Lipinski definition) is 2. The molecule has 0 bridgehead atoms. The highest BCUT2D eigenvalue weighted by atomic mass is 79.9. The van der Waals surface area contributed by atoms with Gasteiger partial charge in [0.2, 0.25) is 0 Å². The standard InChI is InChI=1S/C15H12Br2O5/c1-21-15(20)9-12(18)10(16)14(11(17)13(9)19)22-7-8-5-3-2-4-6-8/h2-6,18-19H,7H2,1H3. The molecule has 0 aliphatic carbocycles. The number of benzene rings is 2. The third-order valence-corrected chi connectivity index (χ3v) is 4.38. The van der Waals surface area contributed by atoms with Gasteiger partial charge in [0, 0.05) is 0 Å². The number of aromatic hydroxyl groups is 2. The van der Waals surface area contributed by atoms with Crippen LogP contribution in [0.3, 0.4) is 0 Å². The zero-order valence-electron chi connectivity index (χ0n) is 11.5. The lowest BCUT2D eigenvalue weighted by Crippen LogP contribution is -2.05. The summed E-state index contributed by atoms with van der Waals surface area (Å²) in [6.07, 6.45) is 0. The first kappa shape index (κ1) is 16.6. The van der Waals surface area contributed by atoms with Crippen molar-refractivity contribution in [2.75, 3.05) is 7.11 Å². The molecule has 0 saturated heterocycles. The Hall–Kier alpha value is -1.73. The average Bonchev–Trinajstić information content (AvgIpc) is 2.54. The van der Waals surface area contributed by atoms with Gasteiger partial charge in [0.25, 0.3) is 0 Å². The minimum Gasteiger partial charge on any atom is -0.506 e. The zero-order valence-corrected chi connectivity index (χ0v) is 14.6. The van der Waals surface area contributed by atoms with Crippen molar-refractivity contribution in [2.24, 2.45) is 0 Å². The molecule has 0 spiro atoms. The van der Waals surface area contributed by atoms with Gasteiger partial charge in [-0.25, -0.2) is 4.79 Å². The summed E-state index contributed by atoms with van der Waals surface area (Å²) in [7, 11) is 1.16. The third kappa shape index (κ3) is 3.20. The summed E-state index contributed by atoms with van der Waals surface area (Å²) < 4.78 is 10.4. The molecule has 2 rings (SSSR count). The van der Waals surface area contributed by atoms with E-state index in [1.165, 1.54) is 0 Å². The van der Waals surface area contributed by atoms with Crippen LogP contribution in [-0.2, 0) is 11.3 Å². The van der Waals surface area contributed by atoms with Crippen molar-refractivity contribution in [1.29, 1.82) is 0 Å². The second kappa shape index (κ2) is 7.02. The Labute approximate surface area is 143 Å². The van der Waals surface area contributed by atoms with Gasteiger partial charge in [-0.15, -0.1) is 0 Å². The van der Waals surface area contributed by atoms with E-state index in [0.717, 1.165) is 12.7 Å². The van der Waals surface area contributed by atoms with Crippen LogP contribution >= 0.6 is 31.9 Å². The van der Waals surface area contributed by atoms with Crippen LogP contribution in [0.2, 0.25) is 0 Å². The maximum absolute atomic E-state index is 11.6. The van der Waals surface area contributed by atoms with E-state index in [-0.39, 0.29) is 26.9 Å². The van der Waals surface area contributed by atoms with Gasteiger partial charge < -0.3 is 19.7 Å². The SMILES string of the molecule is COC(=O)c1c(O)c(Br)c(OCc2ccccc2)c(Br)c1O. The monoisotopic (exact) mass is 430 g/mol. The lowest BCUT2D eigenvalue weighted by molar-refractivity contribution is 0.0593. The Morgan fingerprint density at radius 1 is 1.09 bits per heavy atom. The van der Waals surface area contributed by atoms with E-state index < -0.39 is 17.5 Å². The molecule has 2 aromatic rings. The first-order chi connectivity index (χ1) is 10.5. The van der Waals surface area contributed by atoms with Crippen LogP contribution in [-0.4, -0.2) is 23.3 Å². The van der Waals surface area contributed by atoms with E-state index in [0.29, 0.717) is 0 Å². The van der Waals surface area contributed by atoms with Crippen molar-refractivity contribution < 1.29 is 24.5 Å². The Kier molecular flexibility index (Phi) is 5.31. The van der Waals surface area contributed by atoms with Crippen LogP contribution in [0, 0.1) is 0 Å². The number of methoxy groups -OCH3 is 1. The van der Waals surface area contributed by atoms with Crippen molar-refractivity contribution in [1.82, 2.24) is 0 Å². The number of carbonyl (C=O) groups is 1. The van der Waals surface area contributed by atoms with Crippen molar-refractivity contribution in [3.05, 3.63) is 50.4 Å². The Morgan fingerprint density at radius 3 is 2.14 bits per heavy atom. The molecule has 0 unspecified atom stereocenters. The molecule has 0 saturated carbocycles. The predicted octanol–water partition coefficient (Wildman–Crippen LogP) is 3.99. The number of ether oxygens (including phenoxy) is 2. The highest BCUT2D eigenvalue weighted by Gasteiger charge is 2.27. The maximum atomic E-state index is 11.6. The molecule has 0 aliphatic rings. The molecule has 0 aromatic heterocycles. The van der Waals surface area contributed by atoms with Crippen LogP contribution in [0.4, 0.5) is 0 Å². The summed E-state index contributed by atoms with van der Waals surface area (Å²) in [6, 6.07) is 9.39. The molecule has 0 amide bonds. The predicted molar refractivity (Wildman–Crippen MR) is 87.3 cm³/mol. The van der Waals surface area contributed by atoms with E-state index >= 15 is 0 Å². The molecule has 0 radical (unpaired) electrons. The fourth-order valence-corrected chi connectivity index (χ4v) is 3.08. The molecule has 7 heteroatoms. The summed E-state index contributed by atoms with van der Waals surface area (Å²) in [6.45, 7) is 0.231. The van der Waals surface area contributed by atoms with Gasteiger partial charge >= 0.3 is 5.97 Å². The summed E-state index contributed by atoms with van der Waals surface area (Å²) in [5, 5.41) is 20.1. The first-order valence-corrected chi connectivity index (χ1v) is 7.73. The molecule has 0 fully saturated rings. The van der Waals surface area contributed by atoms with Crippen molar-refractivity contribution in [3.63, 3.8) is 0 Å². The smallest absolute Gasteiger partial charge is 0.345 e. The minimum atomic E-state index is -0.856. The average molecular weight is 432 g/mol. The van der Waals surface area contributed by atoms with E-state index in [9.17, 15) is 15.0 Å². The maximum Gasteiger partial charge on any atom is 0.345 e. The van der Waals surface area contributed by atoms with E-state index in [4.69, 9.17) is 4.74 Å². The molecule has 22 heavy (non-hydrogen) atoms. The summed E-state index contributed by atoms with van der Waals surface area (Å²) in [4.78, 5) is 11.6. The van der Waals surface area contributed by atoms with Crippen LogP contribution in [0.15, 0.2) is 39.3 Å². The number of hydrogen-bond acceptors (Lipinski definition) is 5. The highest BCUT2D eigenvalue weighted by molar-refractivity contribution is 9.11. The minimum absolute atomic E-state index is 0.147. The number of carbonyl (C=O) groups excluding carboxylic acids is 1. The van der Waals surface area contributed by atoms with Gasteiger partial charge in [-0.05, 0) is 37.4 Å². The summed E-state index contributed by atoms with van der Waals surface area (Å²) in [5.41, 5.74) is 0.575. The molecular weight excluding hydrogens is 420 g/mol. The molecule has 2 N–H and O–H groups in total. The molecule has 2 aromatic carbocycles. The van der Waals surface area contributed by atoms with Gasteiger partial charge in [0.15, 0.2) is 17.2 Å². The van der Waals surface area contributed by atoms with Crippen LogP contribution in [0.1, 0.15) is 15.9 Å². The Balaban J connectivity index is 2.39. The topological polar surface area (TPSA) is 76.0 Å². The Morgan fingerprint density at radius 2 is 1.64 bits per heavy atom. The van der Waals surface area contributed by atoms with Crippen LogP contribution < -0.4 is 4.74 Å². The van der Waals surface area contributed by atoms with Crippen molar-refractivity contribution >= 4 is 37.8 Å². The number of phenols is 2. The second-order valence-corrected chi connectivity index (χ2v) is 5.88. The molecule has 0 aliphatic heterocycles. The fourth-order valence-electron chi connectivity index (χ4n) is 1.79. The molecule has 0 atom stereocenters. The van der Waals surface area contributed by atoms with Crippen molar-refractivity contribution in [3.8, 4) is 17.2 Å². The summed E-state index contributed by atoms with van der Waals surface area (Å²) in [5.74, 6) is -1.57. The van der Waals surface area contributed by atoms with E-state index in [2.05, 4.69) is 36.6 Å². The largest absolute Gasteiger partial charge is 0.506 e. The lowest BCUT2D eigenvalue weighted by Gasteiger charge is -2.15. The van der Waals surface area contributed by atoms with E-state index in [1.54, 1.807) is 0 Å². The third-order valence-electron chi connectivity index (χ3n) is 2.90. The number of rotatable bonds is 4. The van der Waals surface area contributed by atoms with Crippen LogP contribution in [0.5, 0.6) is 17.2 Å². The summed E-state index contributed by atoms with van der Waals surface area (Å²) >= 11 is 6.33. The fraction of sp³-hybridized carbons (Fsp3) is 0.133. The number of phenolic OH excluding ortho intramolecular Hbond substituents is 2. The molecule has 5 nitrogen and oxygen atoms in total. The number of halogens is 2. The Bertz CT molecular complexity index is 672. The van der Waals surface area contributed by atoms with Gasteiger partial charge in [0.1, 0.15) is 21.1 Å². The first-order valence-electron chi connectivity index (χ1n) is 6.15. The van der Waals surface area contributed by atoms with Crippen molar-refractivity contribution in [2.45, 2.75) is 6.61 Å². The molecule has 0 heterocycles. The highest BCUT2D eigenvalue weighted by Crippen LogP contribution is 2.49. The zero-order chi connectivity index (χ0) is 16.3. The number of esters is 1. The molecule has 116 valence electrons. The second-order valence-electron chi connectivity index (χ2n) is 4.30. The van der Waals surface area contributed by atoms with Gasteiger partial charge in [-0.3, -0.25) is 0 Å². The quantitative estimate of drug-likeness (QED) is 0.716. The van der Waals surface area contributed by atoms with Crippen LogP contribution in [0.25, 0.3) is 0 Å².